The molecule has 0 unspecified atom stereocenters. The van der Waals surface area contributed by atoms with E-state index in [1.165, 1.54) is 11.1 Å². The van der Waals surface area contributed by atoms with Crippen LogP contribution < -0.4 is 10.6 Å². The zero-order chi connectivity index (χ0) is 17.9. The highest BCUT2D eigenvalue weighted by Crippen LogP contribution is 2.11. The van der Waals surface area contributed by atoms with Crippen LogP contribution in [0, 0.1) is 0 Å². The topological polar surface area (TPSA) is 44.6 Å². The second-order valence-electron chi connectivity index (χ2n) is 6.00. The Kier molecular flexibility index (Phi) is 11.0. The summed E-state index contributed by atoms with van der Waals surface area (Å²) in [7, 11) is 1.81. The van der Waals surface area contributed by atoms with Gasteiger partial charge in [-0.3, -0.25) is 9.89 Å². The van der Waals surface area contributed by atoms with Crippen LogP contribution in [0.4, 0.5) is 0 Å². The van der Waals surface area contributed by atoms with E-state index in [1.54, 1.807) is 0 Å². The van der Waals surface area contributed by atoms with Crippen LogP contribution in [0.2, 0.25) is 0 Å². The Labute approximate surface area is 174 Å². The Morgan fingerprint density at radius 1 is 1.00 bits per heavy atom. The molecule has 0 spiro atoms. The second kappa shape index (κ2) is 12.8. The van der Waals surface area contributed by atoms with Crippen molar-refractivity contribution in [2.24, 2.45) is 4.99 Å². The third-order valence-electron chi connectivity index (χ3n) is 4.41. The number of guanidine groups is 1. The maximum absolute atomic E-state index is 4.32. The first-order valence-electron chi connectivity index (χ1n) is 9.11. The number of hydrogen-bond donors (Lipinski definition) is 2. The Hall–Kier alpha value is -1.54. The predicted octanol–water partition coefficient (Wildman–Crippen LogP) is 3.31. The van der Waals surface area contributed by atoms with Crippen molar-refractivity contribution in [3.05, 3.63) is 59.9 Å². The zero-order valence-corrected chi connectivity index (χ0v) is 18.4. The number of halogens is 1. The van der Waals surface area contributed by atoms with Gasteiger partial charge in [0.05, 0.1) is 0 Å². The van der Waals surface area contributed by atoms with Crippen LogP contribution in [0.1, 0.15) is 25.0 Å². The van der Waals surface area contributed by atoms with Crippen molar-refractivity contribution in [1.29, 1.82) is 0 Å². The molecule has 0 amide bonds. The third kappa shape index (κ3) is 7.37. The summed E-state index contributed by atoms with van der Waals surface area (Å²) in [5.74, 6) is 0.838. The normalized spacial score (nSPS) is 11.3. The first-order chi connectivity index (χ1) is 12.3. The van der Waals surface area contributed by atoms with Crippen molar-refractivity contribution in [1.82, 2.24) is 20.1 Å². The minimum absolute atomic E-state index is 0. The van der Waals surface area contributed by atoms with E-state index in [-0.39, 0.29) is 24.0 Å². The van der Waals surface area contributed by atoms with Gasteiger partial charge >= 0.3 is 0 Å². The van der Waals surface area contributed by atoms with Crippen molar-refractivity contribution in [3.63, 3.8) is 0 Å². The highest BCUT2D eigenvalue weighted by atomic mass is 127. The van der Waals surface area contributed by atoms with Crippen molar-refractivity contribution >= 4 is 29.9 Å². The molecule has 0 radical (unpaired) electrons. The van der Waals surface area contributed by atoms with Gasteiger partial charge in [-0.25, -0.2) is 0 Å². The van der Waals surface area contributed by atoms with Gasteiger partial charge in [0.15, 0.2) is 5.96 Å². The molecule has 0 aliphatic carbocycles. The van der Waals surface area contributed by atoms with Gasteiger partial charge in [-0.2, -0.15) is 0 Å². The molecule has 1 heterocycles. The molecule has 1 aromatic heterocycles. The van der Waals surface area contributed by atoms with Crippen LogP contribution in [0.3, 0.4) is 0 Å². The number of aliphatic imine (C=N–C) groups is 1. The van der Waals surface area contributed by atoms with Crippen LogP contribution in [0.15, 0.2) is 53.8 Å². The number of aromatic nitrogens is 1. The van der Waals surface area contributed by atoms with E-state index in [2.05, 4.69) is 75.6 Å². The lowest BCUT2D eigenvalue weighted by atomic mass is 10.1. The molecule has 2 aromatic rings. The molecule has 0 aliphatic heterocycles. The maximum atomic E-state index is 4.32. The van der Waals surface area contributed by atoms with E-state index in [1.807, 2.05) is 19.2 Å². The van der Waals surface area contributed by atoms with E-state index < -0.39 is 0 Å². The van der Waals surface area contributed by atoms with Crippen molar-refractivity contribution in [2.75, 3.05) is 26.7 Å². The smallest absolute Gasteiger partial charge is 0.191 e. The van der Waals surface area contributed by atoms with Crippen molar-refractivity contribution in [2.45, 2.75) is 33.5 Å². The van der Waals surface area contributed by atoms with E-state index in [9.17, 15) is 0 Å². The molecular formula is C20H32IN5. The lowest BCUT2D eigenvalue weighted by Crippen LogP contribution is -2.38. The summed E-state index contributed by atoms with van der Waals surface area (Å²) in [5.41, 5.74) is 2.70. The average molecular weight is 469 g/mol. The largest absolute Gasteiger partial charge is 0.355 e. The second-order valence-corrected chi connectivity index (χ2v) is 6.00. The predicted molar refractivity (Wildman–Crippen MR) is 121 cm³/mol. The van der Waals surface area contributed by atoms with Crippen LogP contribution in [0.25, 0.3) is 0 Å². The summed E-state index contributed by atoms with van der Waals surface area (Å²) in [6.07, 6.45) is 4.14. The fourth-order valence-electron chi connectivity index (χ4n) is 2.79. The van der Waals surface area contributed by atoms with E-state index >= 15 is 0 Å². The Bertz CT molecular complexity index is 635. The number of hydrogen-bond acceptors (Lipinski definition) is 2. The lowest BCUT2D eigenvalue weighted by Gasteiger charge is -2.20. The number of nitrogens with zero attached hydrogens (tertiary/aromatic N) is 3. The van der Waals surface area contributed by atoms with E-state index in [0.717, 1.165) is 45.2 Å². The Morgan fingerprint density at radius 3 is 2.27 bits per heavy atom. The highest BCUT2D eigenvalue weighted by Gasteiger charge is 2.07. The third-order valence-corrected chi connectivity index (χ3v) is 4.41. The fourth-order valence-corrected chi connectivity index (χ4v) is 2.79. The average Bonchev–Trinajstić information content (AvgIpc) is 3.16. The van der Waals surface area contributed by atoms with Gasteiger partial charge in [0.2, 0.25) is 0 Å². The van der Waals surface area contributed by atoms with Crippen LogP contribution in [0.5, 0.6) is 0 Å². The number of nitrogens with one attached hydrogen (secondary N) is 2. The summed E-state index contributed by atoms with van der Waals surface area (Å²) in [6.45, 7) is 10.1. The quantitative estimate of drug-likeness (QED) is 0.337. The van der Waals surface area contributed by atoms with E-state index in [4.69, 9.17) is 0 Å². The molecule has 5 nitrogen and oxygen atoms in total. The molecule has 0 fully saturated rings. The van der Waals surface area contributed by atoms with Gasteiger partial charge in [-0.15, -0.1) is 24.0 Å². The molecular weight excluding hydrogens is 437 g/mol. The molecule has 0 saturated heterocycles. The molecule has 1 aromatic carbocycles. The molecule has 0 saturated carbocycles. The van der Waals surface area contributed by atoms with Gasteiger partial charge in [0, 0.05) is 45.6 Å². The first-order valence-corrected chi connectivity index (χ1v) is 9.11. The molecule has 2 rings (SSSR count). The summed E-state index contributed by atoms with van der Waals surface area (Å²) in [4.78, 5) is 6.75. The fraction of sp³-hybridized carbons (Fsp3) is 0.450. The van der Waals surface area contributed by atoms with Crippen LogP contribution >= 0.6 is 24.0 Å². The molecule has 144 valence electrons. The monoisotopic (exact) mass is 469 g/mol. The van der Waals surface area contributed by atoms with Crippen LogP contribution in [-0.4, -0.2) is 42.1 Å². The first kappa shape index (κ1) is 22.5. The standard InChI is InChI=1S/C20H31N5.HI/c1-4-24(5-2)17-19-11-7-6-10-18(19)16-23-20(21-3)22-12-15-25-13-8-9-14-25;/h6-11,13-14H,4-5,12,15-17H2,1-3H3,(H2,21,22,23);1H. The van der Waals surface area contributed by atoms with Gasteiger partial charge in [0.1, 0.15) is 0 Å². The van der Waals surface area contributed by atoms with Gasteiger partial charge < -0.3 is 15.2 Å². The van der Waals surface area contributed by atoms with Crippen LogP contribution in [-0.2, 0) is 19.6 Å². The van der Waals surface area contributed by atoms with Gasteiger partial charge in [-0.05, 0) is 36.3 Å². The molecule has 0 bridgehead atoms. The van der Waals surface area contributed by atoms with Gasteiger partial charge in [0.25, 0.3) is 0 Å². The molecule has 2 N–H and O–H groups in total. The minimum atomic E-state index is 0. The van der Waals surface area contributed by atoms with E-state index in [0.29, 0.717) is 0 Å². The summed E-state index contributed by atoms with van der Waals surface area (Å²) in [6, 6.07) is 12.7. The maximum Gasteiger partial charge on any atom is 0.191 e. The summed E-state index contributed by atoms with van der Waals surface area (Å²) >= 11 is 0. The lowest BCUT2D eigenvalue weighted by molar-refractivity contribution is 0.295. The van der Waals surface area contributed by atoms with Crippen molar-refractivity contribution < 1.29 is 0 Å². The molecule has 0 atom stereocenters. The Balaban J connectivity index is 0.00000338. The Morgan fingerprint density at radius 2 is 1.65 bits per heavy atom. The molecule has 6 heteroatoms. The number of benzene rings is 1. The summed E-state index contributed by atoms with van der Waals surface area (Å²) < 4.78 is 2.15. The highest BCUT2D eigenvalue weighted by molar-refractivity contribution is 14.0. The number of rotatable bonds is 9. The van der Waals surface area contributed by atoms with Gasteiger partial charge in [-0.1, -0.05) is 38.1 Å². The SMILES string of the molecule is CCN(CC)Cc1ccccc1CNC(=NC)NCCn1cccc1.I. The van der Waals surface area contributed by atoms with Crippen molar-refractivity contribution in [3.8, 4) is 0 Å². The minimum Gasteiger partial charge on any atom is -0.355 e. The molecule has 26 heavy (non-hydrogen) atoms. The zero-order valence-electron chi connectivity index (χ0n) is 16.1. The molecule has 0 aliphatic rings. The summed E-state index contributed by atoms with van der Waals surface area (Å²) in [5, 5.41) is 6.79.